The second kappa shape index (κ2) is 5.39. The summed E-state index contributed by atoms with van der Waals surface area (Å²) in [6.07, 6.45) is -4.41. The monoisotopic (exact) mass is 366 g/mol. The molecule has 0 aromatic heterocycles. The lowest BCUT2D eigenvalue weighted by atomic mass is 9.94. The molecule has 0 bridgehead atoms. The van der Waals surface area contributed by atoms with E-state index in [2.05, 4.69) is 15.9 Å². The van der Waals surface area contributed by atoms with E-state index in [1.165, 1.54) is 6.07 Å². The van der Waals surface area contributed by atoms with Gasteiger partial charge in [-0.25, -0.2) is 0 Å². The van der Waals surface area contributed by atoms with E-state index in [9.17, 15) is 18.0 Å². The van der Waals surface area contributed by atoms with Crippen molar-refractivity contribution in [3.8, 4) is 0 Å². The van der Waals surface area contributed by atoms with Crippen LogP contribution in [0.1, 0.15) is 15.9 Å². The zero-order valence-corrected chi connectivity index (χ0v) is 12.8. The molecule has 0 fully saturated rings. The minimum absolute atomic E-state index is 0.126. The summed E-state index contributed by atoms with van der Waals surface area (Å²) in [5.74, 6) is -0.157. The van der Waals surface area contributed by atoms with Gasteiger partial charge in [-0.15, -0.1) is 0 Å². The third-order valence-corrected chi connectivity index (χ3v) is 4.12. The van der Waals surface area contributed by atoms with Gasteiger partial charge in [0.25, 0.3) is 0 Å². The fraction of sp³-hybridized carbons (Fsp3) is 0.118. The van der Waals surface area contributed by atoms with Gasteiger partial charge in [0.05, 0.1) is 10.9 Å². The molecule has 0 N–H and O–H groups in total. The number of ketones is 1. The molecule has 0 amide bonds. The Balaban J connectivity index is 2.45. The molecule has 0 unspecified atom stereocenters. The molecule has 0 saturated heterocycles. The molecule has 1 nitrogen and oxygen atoms in total. The first kappa shape index (κ1) is 15.0. The Morgan fingerprint density at radius 2 is 1.68 bits per heavy atom. The molecule has 0 heterocycles. The molecule has 0 radical (unpaired) electrons. The highest BCUT2D eigenvalue weighted by molar-refractivity contribution is 9.09. The van der Waals surface area contributed by atoms with Crippen molar-refractivity contribution in [2.24, 2.45) is 0 Å². The van der Waals surface area contributed by atoms with E-state index in [1.54, 1.807) is 30.3 Å². The van der Waals surface area contributed by atoms with Crippen LogP contribution in [0, 0.1) is 0 Å². The van der Waals surface area contributed by atoms with Gasteiger partial charge < -0.3 is 0 Å². The Morgan fingerprint density at radius 3 is 2.36 bits per heavy atom. The Bertz CT molecular complexity index is 884. The van der Waals surface area contributed by atoms with E-state index in [4.69, 9.17) is 0 Å². The highest BCUT2D eigenvalue weighted by atomic mass is 79.9. The molecule has 0 aliphatic carbocycles. The largest absolute Gasteiger partial charge is 0.416 e. The number of carbonyl (C=O) groups is 1. The Hall–Kier alpha value is -1.88. The summed E-state index contributed by atoms with van der Waals surface area (Å²) < 4.78 is 38.9. The molecule has 0 spiro atoms. The highest BCUT2D eigenvalue weighted by Gasteiger charge is 2.30. The van der Waals surface area contributed by atoms with E-state index in [0.29, 0.717) is 21.7 Å². The number of rotatable bonds is 2. The van der Waals surface area contributed by atoms with Crippen LogP contribution in [0.5, 0.6) is 0 Å². The van der Waals surface area contributed by atoms with Crippen LogP contribution in [-0.2, 0) is 6.18 Å². The SMILES string of the molecule is O=C(CBr)c1cc2ccccc2c2cc(C(F)(F)F)ccc12. The number of hydrogen-bond donors (Lipinski definition) is 0. The summed E-state index contributed by atoms with van der Waals surface area (Å²) in [4.78, 5) is 12.1. The number of carbonyl (C=O) groups excluding carboxylic acids is 1. The summed E-state index contributed by atoms with van der Waals surface area (Å²) >= 11 is 3.12. The maximum Gasteiger partial charge on any atom is 0.416 e. The van der Waals surface area contributed by atoms with Crippen LogP contribution in [0.4, 0.5) is 13.2 Å². The first-order valence-corrected chi connectivity index (χ1v) is 7.66. The van der Waals surface area contributed by atoms with E-state index < -0.39 is 11.7 Å². The zero-order valence-electron chi connectivity index (χ0n) is 11.2. The van der Waals surface area contributed by atoms with Gasteiger partial charge in [-0.3, -0.25) is 4.79 Å². The van der Waals surface area contributed by atoms with Gasteiger partial charge in [0.15, 0.2) is 5.78 Å². The minimum atomic E-state index is -4.41. The molecule has 0 aliphatic heterocycles. The van der Waals surface area contributed by atoms with Gasteiger partial charge in [-0.2, -0.15) is 13.2 Å². The van der Waals surface area contributed by atoms with Crippen molar-refractivity contribution in [2.75, 3.05) is 5.33 Å². The summed E-state index contributed by atoms with van der Waals surface area (Å²) in [6.45, 7) is 0. The lowest BCUT2D eigenvalue weighted by molar-refractivity contribution is -0.137. The second-order valence-corrected chi connectivity index (χ2v) is 5.52. The van der Waals surface area contributed by atoms with E-state index in [-0.39, 0.29) is 11.1 Å². The van der Waals surface area contributed by atoms with Crippen LogP contribution in [0.2, 0.25) is 0 Å². The molecule has 3 rings (SSSR count). The van der Waals surface area contributed by atoms with E-state index in [0.717, 1.165) is 17.5 Å². The predicted molar refractivity (Wildman–Crippen MR) is 84.6 cm³/mol. The molecule has 0 saturated carbocycles. The van der Waals surface area contributed by atoms with Crippen LogP contribution in [-0.4, -0.2) is 11.1 Å². The lowest BCUT2D eigenvalue weighted by Crippen LogP contribution is -2.06. The minimum Gasteiger partial charge on any atom is -0.293 e. The molecule has 0 aliphatic rings. The average molecular weight is 367 g/mol. The van der Waals surface area contributed by atoms with Crippen molar-refractivity contribution in [3.63, 3.8) is 0 Å². The summed E-state index contributed by atoms with van der Waals surface area (Å²) in [6, 6.07) is 12.4. The van der Waals surface area contributed by atoms with Crippen LogP contribution in [0.15, 0.2) is 48.5 Å². The van der Waals surface area contributed by atoms with Crippen molar-refractivity contribution < 1.29 is 18.0 Å². The van der Waals surface area contributed by atoms with Crippen molar-refractivity contribution in [3.05, 3.63) is 59.7 Å². The van der Waals surface area contributed by atoms with Crippen LogP contribution < -0.4 is 0 Å². The lowest BCUT2D eigenvalue weighted by Gasteiger charge is -2.12. The van der Waals surface area contributed by atoms with Crippen molar-refractivity contribution in [1.82, 2.24) is 0 Å². The third-order valence-electron chi connectivity index (χ3n) is 3.61. The predicted octanol–water partition coefficient (Wildman–Crippen LogP) is 5.59. The number of alkyl halides is 4. The van der Waals surface area contributed by atoms with Gasteiger partial charge >= 0.3 is 6.18 Å². The number of halogens is 4. The molecular formula is C17H10BrF3O. The molecule has 112 valence electrons. The standard InChI is InChI=1S/C17H10BrF3O/c18-9-16(22)15-7-10-3-1-2-4-12(10)14-8-11(17(19,20)21)5-6-13(14)15/h1-8H,9H2. The summed E-state index contributed by atoms with van der Waals surface area (Å²) in [5.41, 5.74) is -0.284. The van der Waals surface area contributed by atoms with Crippen molar-refractivity contribution >= 4 is 43.3 Å². The van der Waals surface area contributed by atoms with Gasteiger partial charge in [0.2, 0.25) is 0 Å². The summed E-state index contributed by atoms with van der Waals surface area (Å²) in [7, 11) is 0. The van der Waals surface area contributed by atoms with Gasteiger partial charge in [-0.05, 0) is 39.7 Å². The van der Waals surface area contributed by atoms with Crippen molar-refractivity contribution in [2.45, 2.75) is 6.18 Å². The van der Waals surface area contributed by atoms with Gasteiger partial charge in [-0.1, -0.05) is 46.3 Å². The second-order valence-electron chi connectivity index (χ2n) is 4.96. The molecule has 0 atom stereocenters. The Morgan fingerprint density at radius 1 is 0.955 bits per heavy atom. The molecule has 3 aromatic carbocycles. The number of benzene rings is 3. The van der Waals surface area contributed by atoms with E-state index >= 15 is 0 Å². The molecular weight excluding hydrogens is 357 g/mol. The van der Waals surface area contributed by atoms with Crippen LogP contribution >= 0.6 is 15.9 Å². The number of hydrogen-bond acceptors (Lipinski definition) is 1. The molecule has 3 aromatic rings. The van der Waals surface area contributed by atoms with Crippen LogP contribution in [0.3, 0.4) is 0 Å². The van der Waals surface area contributed by atoms with Crippen molar-refractivity contribution in [1.29, 1.82) is 0 Å². The Kier molecular flexibility index (Phi) is 3.68. The van der Waals surface area contributed by atoms with Gasteiger partial charge in [0, 0.05) is 5.56 Å². The normalized spacial score (nSPS) is 12.0. The molecule has 22 heavy (non-hydrogen) atoms. The maximum absolute atomic E-state index is 13.0. The molecule has 5 heteroatoms. The maximum atomic E-state index is 13.0. The zero-order chi connectivity index (χ0) is 15.9. The fourth-order valence-corrected chi connectivity index (χ4v) is 2.88. The average Bonchev–Trinajstić information content (AvgIpc) is 2.52. The first-order valence-electron chi connectivity index (χ1n) is 6.53. The quantitative estimate of drug-likeness (QED) is 0.328. The first-order chi connectivity index (χ1) is 10.4. The topological polar surface area (TPSA) is 17.1 Å². The highest BCUT2D eigenvalue weighted by Crippen LogP contribution is 2.35. The Labute approximate surface area is 132 Å². The smallest absolute Gasteiger partial charge is 0.293 e. The van der Waals surface area contributed by atoms with E-state index in [1.807, 2.05) is 0 Å². The summed E-state index contributed by atoms with van der Waals surface area (Å²) in [5, 5.41) is 2.56. The van der Waals surface area contributed by atoms with Crippen LogP contribution in [0.25, 0.3) is 21.5 Å². The fourth-order valence-electron chi connectivity index (χ4n) is 2.58. The third kappa shape index (κ3) is 2.50. The number of fused-ring (bicyclic) bond motifs is 3. The number of Topliss-reactive ketones (excluding diaryl/α,β-unsaturated/α-hetero) is 1. The van der Waals surface area contributed by atoms with Gasteiger partial charge in [0.1, 0.15) is 0 Å².